The Kier molecular flexibility index (Phi) is 12.6. The Morgan fingerprint density at radius 3 is 2.03 bits per heavy atom. The molecule has 0 saturated carbocycles. The van der Waals surface area contributed by atoms with Gasteiger partial charge in [0, 0.05) is 16.7 Å². The van der Waals surface area contributed by atoms with Crippen LogP contribution in [0, 0.1) is 0 Å². The van der Waals surface area contributed by atoms with E-state index in [1.807, 2.05) is 23.9 Å². The molecule has 0 aromatic heterocycles. The van der Waals surface area contributed by atoms with Gasteiger partial charge in [-0.1, -0.05) is 76.8 Å². The second-order valence-electron chi connectivity index (χ2n) is 7.97. The molecular weight excluding hydrogens is 402 g/mol. The number of benzene rings is 2. The van der Waals surface area contributed by atoms with E-state index in [0.29, 0.717) is 0 Å². The number of thioether (sulfide) groups is 1. The van der Waals surface area contributed by atoms with Gasteiger partial charge in [0.25, 0.3) is 0 Å². The monoisotopic (exact) mass is 439 g/mol. The van der Waals surface area contributed by atoms with E-state index < -0.39 is 0 Å². The minimum Gasteiger partial charge on any atom is -0.508 e. The van der Waals surface area contributed by atoms with E-state index >= 15 is 0 Å². The van der Waals surface area contributed by atoms with E-state index in [1.165, 1.54) is 75.2 Å². The Labute approximate surface area is 192 Å². The number of carbonyl (C=O) groups excluding carboxylic acids is 1. The molecule has 0 atom stereocenters. The summed E-state index contributed by atoms with van der Waals surface area (Å²) in [5.74, 6) is 1.20. The fraction of sp³-hybridized carbons (Fsp3) is 0.444. The van der Waals surface area contributed by atoms with Crippen molar-refractivity contribution < 1.29 is 9.90 Å². The van der Waals surface area contributed by atoms with E-state index in [9.17, 15) is 9.90 Å². The molecule has 0 saturated heterocycles. The molecule has 0 aliphatic rings. The van der Waals surface area contributed by atoms with Crippen molar-refractivity contribution in [3.05, 3.63) is 60.2 Å². The zero-order chi connectivity index (χ0) is 22.2. The third-order valence-electron chi connectivity index (χ3n) is 5.21. The van der Waals surface area contributed by atoms with Gasteiger partial charge in [0.1, 0.15) is 5.75 Å². The summed E-state index contributed by atoms with van der Waals surface area (Å²) in [5, 5.41) is 12.2. The Balaban J connectivity index is 1.56. The van der Waals surface area contributed by atoms with Crippen molar-refractivity contribution in [2.24, 2.45) is 0 Å². The van der Waals surface area contributed by atoms with Crippen LogP contribution < -0.4 is 5.32 Å². The molecule has 0 aliphatic heterocycles. The van der Waals surface area contributed by atoms with Crippen molar-refractivity contribution in [3.63, 3.8) is 0 Å². The lowest BCUT2D eigenvalue weighted by Crippen LogP contribution is -2.07. The number of anilines is 1. The summed E-state index contributed by atoms with van der Waals surface area (Å²) in [5.41, 5.74) is 1.66. The standard InChI is InChI=1S/C27H37NO2S/c1-2-3-4-5-6-7-8-9-10-11-22-31-26-19-15-24(16-20-26)28-27(30)21-14-23-12-17-25(29)18-13-23/h12-21,29H,2-11,22H2,1H3,(H,28,30)/b21-14+. The van der Waals surface area contributed by atoms with Gasteiger partial charge in [0.2, 0.25) is 5.91 Å². The van der Waals surface area contributed by atoms with Crippen LogP contribution in [0.5, 0.6) is 5.75 Å². The predicted molar refractivity (Wildman–Crippen MR) is 135 cm³/mol. The highest BCUT2D eigenvalue weighted by molar-refractivity contribution is 7.99. The first-order valence-corrected chi connectivity index (χ1v) is 12.7. The molecule has 2 rings (SSSR count). The highest BCUT2D eigenvalue weighted by Gasteiger charge is 2.00. The molecule has 0 aliphatic carbocycles. The molecule has 2 aromatic rings. The summed E-state index contributed by atoms with van der Waals surface area (Å²) in [6.07, 6.45) is 16.9. The van der Waals surface area contributed by atoms with Crippen LogP contribution >= 0.6 is 11.8 Å². The zero-order valence-corrected chi connectivity index (χ0v) is 19.6. The smallest absolute Gasteiger partial charge is 0.248 e. The molecule has 0 fully saturated rings. The quantitative estimate of drug-likeness (QED) is 0.168. The van der Waals surface area contributed by atoms with Crippen LogP contribution in [0.15, 0.2) is 59.5 Å². The number of nitrogens with one attached hydrogen (secondary N) is 1. The second kappa shape index (κ2) is 15.6. The van der Waals surface area contributed by atoms with Crippen LogP contribution in [0.1, 0.15) is 76.7 Å². The van der Waals surface area contributed by atoms with Gasteiger partial charge in [-0.25, -0.2) is 0 Å². The van der Waals surface area contributed by atoms with Crippen LogP contribution in [0.2, 0.25) is 0 Å². The largest absolute Gasteiger partial charge is 0.508 e. The number of hydrogen-bond donors (Lipinski definition) is 2. The van der Waals surface area contributed by atoms with E-state index in [-0.39, 0.29) is 11.7 Å². The summed E-state index contributed by atoms with van der Waals surface area (Å²) in [7, 11) is 0. The maximum Gasteiger partial charge on any atom is 0.248 e. The molecule has 0 spiro atoms. The van der Waals surface area contributed by atoms with E-state index in [2.05, 4.69) is 24.4 Å². The van der Waals surface area contributed by atoms with Gasteiger partial charge in [0.05, 0.1) is 0 Å². The molecule has 168 valence electrons. The van der Waals surface area contributed by atoms with Gasteiger partial charge < -0.3 is 10.4 Å². The molecule has 2 aromatic carbocycles. The summed E-state index contributed by atoms with van der Waals surface area (Å²) >= 11 is 1.89. The molecule has 3 nitrogen and oxygen atoms in total. The van der Waals surface area contributed by atoms with Gasteiger partial charge in [0.15, 0.2) is 0 Å². The van der Waals surface area contributed by atoms with E-state index in [1.54, 1.807) is 30.3 Å². The minimum absolute atomic E-state index is 0.168. The lowest BCUT2D eigenvalue weighted by atomic mass is 10.1. The summed E-state index contributed by atoms with van der Waals surface area (Å²) in [6, 6.07) is 14.8. The van der Waals surface area contributed by atoms with Crippen molar-refractivity contribution >= 4 is 29.4 Å². The van der Waals surface area contributed by atoms with E-state index in [4.69, 9.17) is 0 Å². The Hall–Kier alpha value is -2.20. The van der Waals surface area contributed by atoms with Crippen molar-refractivity contribution in [2.75, 3.05) is 11.1 Å². The first kappa shape index (κ1) is 25.1. The van der Waals surface area contributed by atoms with Crippen molar-refractivity contribution in [1.82, 2.24) is 0 Å². The van der Waals surface area contributed by atoms with Gasteiger partial charge in [-0.05, 0) is 60.2 Å². The predicted octanol–water partition coefficient (Wildman–Crippen LogP) is 8.06. The molecule has 31 heavy (non-hydrogen) atoms. The number of hydrogen-bond acceptors (Lipinski definition) is 3. The number of rotatable bonds is 15. The molecule has 1 amide bonds. The second-order valence-corrected chi connectivity index (χ2v) is 9.14. The molecular formula is C27H37NO2S. The van der Waals surface area contributed by atoms with Gasteiger partial charge >= 0.3 is 0 Å². The van der Waals surface area contributed by atoms with Crippen molar-refractivity contribution in [3.8, 4) is 5.75 Å². The fourth-order valence-electron chi connectivity index (χ4n) is 3.36. The third kappa shape index (κ3) is 11.7. The van der Waals surface area contributed by atoms with Crippen LogP contribution in [0.4, 0.5) is 5.69 Å². The Morgan fingerprint density at radius 1 is 0.839 bits per heavy atom. The SMILES string of the molecule is CCCCCCCCCCCCSc1ccc(NC(=O)/C=C/c2ccc(O)cc2)cc1. The van der Waals surface area contributed by atoms with E-state index in [0.717, 1.165) is 17.0 Å². The van der Waals surface area contributed by atoms with Crippen LogP contribution in [-0.4, -0.2) is 16.8 Å². The van der Waals surface area contributed by atoms with Gasteiger partial charge in [-0.15, -0.1) is 11.8 Å². The molecule has 2 N–H and O–H groups in total. The molecule has 0 heterocycles. The lowest BCUT2D eigenvalue weighted by molar-refractivity contribution is -0.111. The lowest BCUT2D eigenvalue weighted by Gasteiger charge is -2.05. The number of unbranched alkanes of at least 4 members (excludes halogenated alkanes) is 9. The van der Waals surface area contributed by atoms with Crippen LogP contribution in [0.25, 0.3) is 6.08 Å². The van der Waals surface area contributed by atoms with Crippen LogP contribution in [-0.2, 0) is 4.79 Å². The van der Waals surface area contributed by atoms with Crippen LogP contribution in [0.3, 0.4) is 0 Å². The fourth-order valence-corrected chi connectivity index (χ4v) is 4.27. The summed E-state index contributed by atoms with van der Waals surface area (Å²) < 4.78 is 0. The highest BCUT2D eigenvalue weighted by atomic mass is 32.2. The molecule has 4 heteroatoms. The van der Waals surface area contributed by atoms with Crippen molar-refractivity contribution in [2.45, 2.75) is 76.0 Å². The number of phenolic OH excluding ortho intramolecular Hbond substituents is 1. The van der Waals surface area contributed by atoms with Gasteiger partial charge in [-0.3, -0.25) is 4.79 Å². The Bertz CT molecular complexity index is 769. The molecule has 0 bridgehead atoms. The molecule has 0 radical (unpaired) electrons. The number of phenols is 1. The number of amides is 1. The zero-order valence-electron chi connectivity index (χ0n) is 18.8. The molecule has 0 unspecified atom stereocenters. The average Bonchev–Trinajstić information content (AvgIpc) is 2.78. The minimum atomic E-state index is -0.168. The first-order valence-electron chi connectivity index (χ1n) is 11.7. The highest BCUT2D eigenvalue weighted by Crippen LogP contribution is 2.22. The summed E-state index contributed by atoms with van der Waals surface area (Å²) in [6.45, 7) is 2.27. The maximum absolute atomic E-state index is 12.1. The van der Waals surface area contributed by atoms with Gasteiger partial charge in [-0.2, -0.15) is 0 Å². The average molecular weight is 440 g/mol. The van der Waals surface area contributed by atoms with Crippen molar-refractivity contribution in [1.29, 1.82) is 0 Å². The Morgan fingerprint density at radius 2 is 1.42 bits per heavy atom. The normalized spacial score (nSPS) is 11.1. The topological polar surface area (TPSA) is 49.3 Å². The summed E-state index contributed by atoms with van der Waals surface area (Å²) in [4.78, 5) is 13.3. The first-order chi connectivity index (χ1) is 15.2. The number of aromatic hydroxyl groups is 1. The number of carbonyl (C=O) groups is 1. The third-order valence-corrected chi connectivity index (χ3v) is 6.31. The maximum atomic E-state index is 12.1.